The zero-order chi connectivity index (χ0) is 23.2. The Morgan fingerprint density at radius 3 is 1.17 bits per heavy atom. The van der Waals surface area contributed by atoms with Gasteiger partial charge < -0.3 is 9.13 Å². The summed E-state index contributed by atoms with van der Waals surface area (Å²) >= 11 is 0. The maximum absolute atomic E-state index is 11.6. The van der Waals surface area contributed by atoms with E-state index in [1.165, 1.54) is 23.7 Å². The first-order chi connectivity index (χ1) is 14.3. The Bertz CT molecular complexity index is 457. The molecular formula is C26H56O2P2. The lowest BCUT2D eigenvalue weighted by Crippen LogP contribution is -2.15. The van der Waals surface area contributed by atoms with Crippen LogP contribution in [0.1, 0.15) is 107 Å². The van der Waals surface area contributed by atoms with Crippen molar-refractivity contribution < 1.29 is 9.13 Å². The molecule has 3 rings (SSSR count). The smallest absolute Gasteiger partial charge is 0.0872 e. The molecule has 0 aromatic carbocycles. The number of fused-ring (bicyclic) bond motifs is 5. The first-order valence-corrected chi connectivity index (χ1v) is 18.0. The Hall–Kier alpha value is 0.460. The van der Waals surface area contributed by atoms with Crippen LogP contribution in [0.5, 0.6) is 0 Å². The third-order valence-corrected chi connectivity index (χ3v) is 15.1. The van der Waals surface area contributed by atoms with Gasteiger partial charge >= 0.3 is 0 Å². The van der Waals surface area contributed by atoms with E-state index in [1.807, 2.05) is 41.5 Å². The molecule has 0 aliphatic heterocycles. The van der Waals surface area contributed by atoms with Crippen molar-refractivity contribution in [1.29, 1.82) is 0 Å². The molecule has 0 spiro atoms. The highest BCUT2D eigenvalue weighted by atomic mass is 31.2. The van der Waals surface area contributed by atoms with Gasteiger partial charge in [-0.25, -0.2) is 0 Å². The van der Waals surface area contributed by atoms with Crippen LogP contribution in [0.15, 0.2) is 0 Å². The molecule has 0 saturated heterocycles. The second-order valence-electron chi connectivity index (χ2n) is 9.42. The summed E-state index contributed by atoms with van der Waals surface area (Å²) in [6, 6.07) is 0. The van der Waals surface area contributed by atoms with Gasteiger partial charge in [-0.15, -0.1) is 0 Å². The van der Waals surface area contributed by atoms with Crippen molar-refractivity contribution in [3.63, 3.8) is 0 Å². The Labute approximate surface area is 190 Å². The first kappa shape index (κ1) is 30.5. The van der Waals surface area contributed by atoms with E-state index >= 15 is 0 Å². The molecule has 2 nitrogen and oxygen atoms in total. The highest BCUT2D eigenvalue weighted by molar-refractivity contribution is 7.64. The first-order valence-electron chi connectivity index (χ1n) is 13.5. The average Bonchev–Trinajstić information content (AvgIpc) is 3.51. The summed E-state index contributed by atoms with van der Waals surface area (Å²) in [5.41, 5.74) is 0. The quantitative estimate of drug-likeness (QED) is 0.337. The van der Waals surface area contributed by atoms with E-state index in [9.17, 15) is 9.13 Å². The van der Waals surface area contributed by atoms with Gasteiger partial charge in [0, 0.05) is 12.3 Å². The summed E-state index contributed by atoms with van der Waals surface area (Å²) in [5.74, 6) is 4.80. The summed E-state index contributed by atoms with van der Waals surface area (Å²) in [5, 5.41) is 0. The Morgan fingerprint density at radius 2 is 0.933 bits per heavy atom. The van der Waals surface area contributed by atoms with Gasteiger partial charge in [0.2, 0.25) is 0 Å². The highest BCUT2D eigenvalue weighted by Crippen LogP contribution is 2.58. The van der Waals surface area contributed by atoms with Crippen LogP contribution in [0, 0.1) is 23.7 Å². The van der Waals surface area contributed by atoms with Gasteiger partial charge in [-0.3, -0.25) is 0 Å². The molecule has 3 fully saturated rings. The molecule has 0 amide bonds. The molecular weight excluding hydrogens is 406 g/mol. The molecule has 0 aromatic rings. The number of hydrogen-bond acceptors (Lipinski definition) is 2. The van der Waals surface area contributed by atoms with Gasteiger partial charge in [0.05, 0.1) is 14.3 Å². The number of rotatable bonds is 8. The van der Waals surface area contributed by atoms with E-state index in [1.54, 1.807) is 38.5 Å². The normalized spacial score (nSPS) is 26.5. The average molecular weight is 463 g/mol. The maximum atomic E-state index is 11.6. The molecule has 2 bridgehead atoms. The molecule has 0 aromatic heterocycles. The van der Waals surface area contributed by atoms with Crippen molar-refractivity contribution in [2.45, 2.75) is 107 Å². The lowest BCUT2D eigenvalue weighted by molar-refractivity contribution is 0.259. The third-order valence-electron chi connectivity index (χ3n) is 7.92. The zero-order valence-electron chi connectivity index (χ0n) is 21.9. The van der Waals surface area contributed by atoms with E-state index in [2.05, 4.69) is 13.8 Å². The monoisotopic (exact) mass is 462 g/mol. The zero-order valence-corrected chi connectivity index (χ0v) is 23.7. The summed E-state index contributed by atoms with van der Waals surface area (Å²) in [6.07, 6.45) is 17.1. The molecule has 0 radical (unpaired) electrons. The minimum Gasteiger partial charge on any atom is -0.324 e. The topological polar surface area (TPSA) is 34.1 Å². The van der Waals surface area contributed by atoms with Crippen LogP contribution in [0.3, 0.4) is 0 Å². The predicted molar refractivity (Wildman–Crippen MR) is 141 cm³/mol. The minimum atomic E-state index is -1.68. The molecule has 4 unspecified atom stereocenters. The van der Waals surface area contributed by atoms with Crippen LogP contribution in [0.2, 0.25) is 0 Å². The van der Waals surface area contributed by atoms with Crippen LogP contribution >= 0.6 is 14.3 Å². The molecule has 0 heterocycles. The number of hydrogen-bond donors (Lipinski definition) is 0. The molecule has 182 valence electrons. The highest BCUT2D eigenvalue weighted by Gasteiger charge is 2.48. The van der Waals surface area contributed by atoms with Crippen molar-refractivity contribution >= 4 is 14.3 Å². The van der Waals surface area contributed by atoms with Crippen LogP contribution in [-0.2, 0) is 9.13 Å². The van der Waals surface area contributed by atoms with Crippen molar-refractivity contribution in [3.05, 3.63) is 0 Å². The molecule has 3 saturated carbocycles. The fourth-order valence-electron chi connectivity index (χ4n) is 5.91. The largest absolute Gasteiger partial charge is 0.324 e. The van der Waals surface area contributed by atoms with Gasteiger partial charge in [-0.2, -0.15) is 0 Å². The lowest BCUT2D eigenvalue weighted by atomic mass is 9.82. The van der Waals surface area contributed by atoms with Crippen LogP contribution in [0.4, 0.5) is 0 Å². The second kappa shape index (κ2) is 16.1. The third kappa shape index (κ3) is 9.53. The summed E-state index contributed by atoms with van der Waals surface area (Å²) < 4.78 is 23.1. The molecule has 4 heteroatoms. The van der Waals surface area contributed by atoms with E-state index < -0.39 is 14.3 Å². The van der Waals surface area contributed by atoms with E-state index in [-0.39, 0.29) is 0 Å². The summed E-state index contributed by atoms with van der Waals surface area (Å²) in [4.78, 5) is 0. The van der Waals surface area contributed by atoms with Gasteiger partial charge in [0.1, 0.15) is 0 Å². The SMILES string of the molecule is C1CC2C3CCC(C3)C2C1.CC.CCCP(=O)(CC)CC.CCCP(=O)(CC)CC. The van der Waals surface area contributed by atoms with Crippen LogP contribution < -0.4 is 0 Å². The van der Waals surface area contributed by atoms with Crippen molar-refractivity contribution in [1.82, 2.24) is 0 Å². The summed E-state index contributed by atoms with van der Waals surface area (Å²) in [7, 11) is -3.36. The van der Waals surface area contributed by atoms with Gasteiger partial charge in [0.15, 0.2) is 0 Å². The Kier molecular flexibility index (Phi) is 16.4. The van der Waals surface area contributed by atoms with Gasteiger partial charge in [-0.05, 0) is 93.3 Å². The Balaban J connectivity index is 0.000000405. The fraction of sp³-hybridized carbons (Fsp3) is 1.00. The maximum Gasteiger partial charge on any atom is 0.0872 e. The molecule has 3 aliphatic rings. The van der Waals surface area contributed by atoms with Gasteiger partial charge in [0.25, 0.3) is 0 Å². The summed E-state index contributed by atoms with van der Waals surface area (Å²) in [6.45, 7) is 16.3. The van der Waals surface area contributed by atoms with Crippen LogP contribution in [0.25, 0.3) is 0 Å². The lowest BCUT2D eigenvalue weighted by Gasteiger charge is -2.23. The van der Waals surface area contributed by atoms with Crippen molar-refractivity contribution in [3.8, 4) is 0 Å². The van der Waals surface area contributed by atoms with E-state index in [4.69, 9.17) is 0 Å². The molecule has 4 atom stereocenters. The molecule has 30 heavy (non-hydrogen) atoms. The van der Waals surface area contributed by atoms with E-state index in [0.717, 1.165) is 49.8 Å². The predicted octanol–water partition coefficient (Wildman–Crippen LogP) is 9.46. The fourth-order valence-corrected chi connectivity index (χ4v) is 9.70. The van der Waals surface area contributed by atoms with Gasteiger partial charge in [-0.1, -0.05) is 61.8 Å². The van der Waals surface area contributed by atoms with E-state index in [0.29, 0.717) is 0 Å². The minimum absolute atomic E-state index is 0.886. The second-order valence-corrected chi connectivity index (χ2v) is 17.1. The molecule has 3 aliphatic carbocycles. The van der Waals surface area contributed by atoms with Crippen LogP contribution in [-0.4, -0.2) is 37.0 Å². The van der Waals surface area contributed by atoms with Crippen molar-refractivity contribution in [2.75, 3.05) is 37.0 Å². The van der Waals surface area contributed by atoms with Crippen molar-refractivity contribution in [2.24, 2.45) is 23.7 Å². The standard InChI is InChI=1S/C10H16.2C7H17OP.C2H6/c1-2-9-7-4-5-8(6-7)10(9)3-1;2*1-4-7-9(8,5-2)6-3;1-2/h7-10H,1-6H2;2*4-7H2,1-3H3;1-2H3. The Morgan fingerprint density at radius 1 is 0.600 bits per heavy atom. The molecule has 0 N–H and O–H groups in total.